The van der Waals surface area contributed by atoms with E-state index in [1.165, 1.54) is 11.3 Å². The number of hydrogen-bond acceptors (Lipinski definition) is 4. The minimum absolute atomic E-state index is 0.0251. The number of rotatable bonds is 4. The fourth-order valence-corrected chi connectivity index (χ4v) is 2.98. The zero-order valence-electron chi connectivity index (χ0n) is 9.69. The molecule has 17 heavy (non-hydrogen) atoms. The van der Waals surface area contributed by atoms with Gasteiger partial charge in [0.2, 0.25) is 0 Å². The Hall–Kier alpha value is -0.460. The molecule has 6 heteroatoms. The van der Waals surface area contributed by atoms with Gasteiger partial charge in [0.1, 0.15) is 3.79 Å². The SMILES string of the molecule is CCOC[C@@H]1CCN(C(=O)c2ncsc2Br)C1. The van der Waals surface area contributed by atoms with Gasteiger partial charge in [0.15, 0.2) is 5.69 Å². The zero-order valence-corrected chi connectivity index (χ0v) is 12.1. The van der Waals surface area contributed by atoms with E-state index in [0.717, 1.165) is 36.5 Å². The highest BCUT2D eigenvalue weighted by Gasteiger charge is 2.28. The van der Waals surface area contributed by atoms with Gasteiger partial charge in [0.05, 0.1) is 12.1 Å². The van der Waals surface area contributed by atoms with Crippen LogP contribution in [0.25, 0.3) is 0 Å². The Balaban J connectivity index is 1.92. The molecule has 1 aliphatic heterocycles. The summed E-state index contributed by atoms with van der Waals surface area (Å²) in [6, 6.07) is 0. The van der Waals surface area contributed by atoms with E-state index < -0.39 is 0 Å². The van der Waals surface area contributed by atoms with Crippen LogP contribution < -0.4 is 0 Å². The van der Waals surface area contributed by atoms with Gasteiger partial charge in [-0.15, -0.1) is 11.3 Å². The van der Waals surface area contributed by atoms with E-state index in [0.29, 0.717) is 11.6 Å². The number of carbonyl (C=O) groups excluding carboxylic acids is 1. The molecule has 1 aliphatic rings. The summed E-state index contributed by atoms with van der Waals surface area (Å²) in [5.74, 6) is 0.494. The number of hydrogen-bond donors (Lipinski definition) is 0. The summed E-state index contributed by atoms with van der Waals surface area (Å²) in [6.45, 7) is 5.06. The monoisotopic (exact) mass is 318 g/mol. The van der Waals surface area contributed by atoms with Gasteiger partial charge in [-0.3, -0.25) is 4.79 Å². The molecule has 0 N–H and O–H groups in total. The van der Waals surface area contributed by atoms with Gasteiger partial charge in [0, 0.05) is 25.6 Å². The first-order chi connectivity index (χ1) is 8.22. The molecule has 1 aromatic rings. The zero-order chi connectivity index (χ0) is 12.3. The minimum atomic E-state index is 0.0251. The molecule has 0 bridgehead atoms. The third-order valence-corrected chi connectivity index (χ3v) is 4.40. The quantitative estimate of drug-likeness (QED) is 0.856. The van der Waals surface area contributed by atoms with Gasteiger partial charge in [-0.2, -0.15) is 0 Å². The maximum atomic E-state index is 12.1. The maximum Gasteiger partial charge on any atom is 0.274 e. The number of carbonyl (C=O) groups is 1. The number of likely N-dealkylation sites (tertiary alicyclic amines) is 1. The van der Waals surface area contributed by atoms with Crippen molar-refractivity contribution < 1.29 is 9.53 Å². The maximum absolute atomic E-state index is 12.1. The minimum Gasteiger partial charge on any atom is -0.381 e. The average molecular weight is 319 g/mol. The predicted octanol–water partition coefficient (Wildman–Crippen LogP) is 2.40. The van der Waals surface area contributed by atoms with E-state index in [1.807, 2.05) is 11.8 Å². The van der Waals surface area contributed by atoms with Crippen molar-refractivity contribution in [2.45, 2.75) is 13.3 Å². The van der Waals surface area contributed by atoms with E-state index >= 15 is 0 Å². The number of aromatic nitrogens is 1. The summed E-state index contributed by atoms with van der Waals surface area (Å²) in [6.07, 6.45) is 1.02. The summed E-state index contributed by atoms with van der Waals surface area (Å²) >= 11 is 4.79. The molecule has 1 atom stereocenters. The van der Waals surface area contributed by atoms with Gasteiger partial charge < -0.3 is 9.64 Å². The lowest BCUT2D eigenvalue weighted by atomic mass is 10.1. The Morgan fingerprint density at radius 1 is 1.76 bits per heavy atom. The lowest BCUT2D eigenvalue weighted by Crippen LogP contribution is -2.29. The van der Waals surface area contributed by atoms with Crippen molar-refractivity contribution >= 4 is 33.2 Å². The number of thiazole rings is 1. The first-order valence-corrected chi connectivity index (χ1v) is 7.35. The molecule has 0 radical (unpaired) electrons. The molecule has 0 aromatic carbocycles. The summed E-state index contributed by atoms with van der Waals surface area (Å²) in [7, 11) is 0. The summed E-state index contributed by atoms with van der Waals surface area (Å²) in [5, 5.41) is 0. The van der Waals surface area contributed by atoms with Gasteiger partial charge in [0.25, 0.3) is 5.91 Å². The largest absolute Gasteiger partial charge is 0.381 e. The van der Waals surface area contributed by atoms with Crippen LogP contribution in [-0.4, -0.2) is 42.1 Å². The van der Waals surface area contributed by atoms with Crippen molar-refractivity contribution in [3.8, 4) is 0 Å². The van der Waals surface area contributed by atoms with Crippen molar-refractivity contribution in [3.05, 3.63) is 15.0 Å². The topological polar surface area (TPSA) is 42.4 Å². The van der Waals surface area contributed by atoms with Crippen molar-refractivity contribution in [2.24, 2.45) is 5.92 Å². The standard InChI is InChI=1S/C11H15BrN2O2S/c1-2-16-6-8-3-4-14(5-8)11(15)9-10(12)17-7-13-9/h7-8H,2-6H2,1H3/t8-/m1/s1. The van der Waals surface area contributed by atoms with Crippen molar-refractivity contribution in [1.82, 2.24) is 9.88 Å². The summed E-state index contributed by atoms with van der Waals surface area (Å²) in [4.78, 5) is 18.1. The molecule has 0 saturated carbocycles. The van der Waals surface area contributed by atoms with Crippen LogP contribution in [0.2, 0.25) is 0 Å². The Labute approximate surface area is 113 Å². The molecule has 1 saturated heterocycles. The first kappa shape index (κ1) is 13.0. The molecular weight excluding hydrogens is 304 g/mol. The third kappa shape index (κ3) is 3.05. The second kappa shape index (κ2) is 5.93. The van der Waals surface area contributed by atoms with Crippen molar-refractivity contribution in [3.63, 3.8) is 0 Å². The number of amides is 1. The highest BCUT2D eigenvalue weighted by Crippen LogP contribution is 2.25. The molecule has 1 aromatic heterocycles. The predicted molar refractivity (Wildman–Crippen MR) is 70.3 cm³/mol. The van der Waals surface area contributed by atoms with E-state index in [1.54, 1.807) is 5.51 Å². The molecule has 0 spiro atoms. The highest BCUT2D eigenvalue weighted by molar-refractivity contribution is 9.11. The van der Waals surface area contributed by atoms with E-state index in [9.17, 15) is 4.79 Å². The lowest BCUT2D eigenvalue weighted by molar-refractivity contribution is 0.0757. The van der Waals surface area contributed by atoms with Gasteiger partial charge in [-0.1, -0.05) is 0 Å². The summed E-state index contributed by atoms with van der Waals surface area (Å²) in [5.41, 5.74) is 2.22. The molecule has 1 fully saturated rings. The normalized spacial score (nSPS) is 19.9. The van der Waals surface area contributed by atoms with Crippen LogP contribution in [0.5, 0.6) is 0 Å². The lowest BCUT2D eigenvalue weighted by Gasteiger charge is -2.15. The smallest absolute Gasteiger partial charge is 0.274 e. The van der Waals surface area contributed by atoms with Gasteiger partial charge in [-0.05, 0) is 29.3 Å². The molecule has 1 amide bonds. The Morgan fingerprint density at radius 2 is 2.59 bits per heavy atom. The average Bonchev–Trinajstić information content (AvgIpc) is 2.94. The molecular formula is C11H15BrN2O2S. The number of ether oxygens (including phenoxy) is 1. The van der Waals surface area contributed by atoms with Crippen LogP contribution in [0.1, 0.15) is 23.8 Å². The molecule has 0 aliphatic carbocycles. The van der Waals surface area contributed by atoms with E-state index in [4.69, 9.17) is 4.74 Å². The fraction of sp³-hybridized carbons (Fsp3) is 0.636. The second-order valence-electron chi connectivity index (χ2n) is 4.04. The van der Waals surface area contributed by atoms with Gasteiger partial charge in [-0.25, -0.2) is 4.98 Å². The van der Waals surface area contributed by atoms with Crippen LogP contribution in [0.3, 0.4) is 0 Å². The number of nitrogens with zero attached hydrogens (tertiary/aromatic N) is 2. The Morgan fingerprint density at radius 3 is 3.24 bits per heavy atom. The van der Waals surface area contributed by atoms with Crippen LogP contribution in [0.15, 0.2) is 9.30 Å². The van der Waals surface area contributed by atoms with Crippen molar-refractivity contribution in [1.29, 1.82) is 0 Å². The fourth-order valence-electron chi connectivity index (χ4n) is 1.96. The molecule has 0 unspecified atom stereocenters. The Bertz CT molecular complexity index is 397. The van der Waals surface area contributed by atoms with Crippen LogP contribution >= 0.6 is 27.3 Å². The molecule has 94 valence electrons. The molecule has 2 heterocycles. The van der Waals surface area contributed by atoms with E-state index in [-0.39, 0.29) is 5.91 Å². The first-order valence-electron chi connectivity index (χ1n) is 5.68. The van der Waals surface area contributed by atoms with Crippen LogP contribution in [-0.2, 0) is 4.74 Å². The molecule has 4 nitrogen and oxygen atoms in total. The molecule has 2 rings (SSSR count). The second-order valence-corrected chi connectivity index (χ2v) is 6.21. The third-order valence-electron chi connectivity index (χ3n) is 2.86. The van der Waals surface area contributed by atoms with E-state index in [2.05, 4.69) is 20.9 Å². The highest BCUT2D eigenvalue weighted by atomic mass is 79.9. The number of halogens is 1. The summed E-state index contributed by atoms with van der Waals surface area (Å²) < 4.78 is 6.21. The van der Waals surface area contributed by atoms with Crippen LogP contribution in [0, 0.1) is 5.92 Å². The Kier molecular flexibility index (Phi) is 4.53. The van der Waals surface area contributed by atoms with Crippen molar-refractivity contribution in [2.75, 3.05) is 26.3 Å². The van der Waals surface area contributed by atoms with Gasteiger partial charge >= 0.3 is 0 Å². The van der Waals surface area contributed by atoms with Crippen LogP contribution in [0.4, 0.5) is 0 Å².